The van der Waals surface area contributed by atoms with Crippen LogP contribution in [0.3, 0.4) is 0 Å². The molecule has 0 aliphatic carbocycles. The summed E-state index contributed by atoms with van der Waals surface area (Å²) in [5.74, 6) is 1.70. The summed E-state index contributed by atoms with van der Waals surface area (Å²) >= 11 is 0. The molecule has 4 unspecified atom stereocenters. The topological polar surface area (TPSA) is 33.1 Å². The van der Waals surface area contributed by atoms with Gasteiger partial charge in [-0.15, -0.1) is 0 Å². The molecule has 106 valence electrons. The van der Waals surface area contributed by atoms with E-state index in [1.807, 2.05) is 0 Å². The van der Waals surface area contributed by atoms with Crippen LogP contribution in [0.4, 0.5) is 0 Å². The summed E-state index contributed by atoms with van der Waals surface area (Å²) in [6.07, 6.45) is 3.27. The van der Waals surface area contributed by atoms with Gasteiger partial charge in [0, 0.05) is 31.4 Å². The molecule has 4 nitrogen and oxygen atoms in total. The maximum atomic E-state index is 4.73. The molecule has 0 saturated carbocycles. The molecule has 2 saturated heterocycles. The Balaban J connectivity index is 1.64. The van der Waals surface area contributed by atoms with Gasteiger partial charge in [0.2, 0.25) is 0 Å². The van der Waals surface area contributed by atoms with E-state index in [4.69, 9.17) is 5.10 Å². The van der Waals surface area contributed by atoms with E-state index in [-0.39, 0.29) is 0 Å². The molecule has 4 atom stereocenters. The van der Waals surface area contributed by atoms with Crippen molar-refractivity contribution in [3.8, 4) is 0 Å². The first-order valence-corrected chi connectivity index (χ1v) is 7.67. The molecule has 1 aromatic rings. The molecule has 19 heavy (non-hydrogen) atoms. The van der Waals surface area contributed by atoms with Crippen LogP contribution in [0.2, 0.25) is 0 Å². The van der Waals surface area contributed by atoms with Gasteiger partial charge in [0.15, 0.2) is 0 Å². The zero-order chi connectivity index (χ0) is 13.4. The molecule has 2 aliphatic rings. The SMILES string of the molecule is CCC(C)n1ccc(CN2CC3CNCC3C2C)n1. The first-order chi connectivity index (χ1) is 9.19. The molecule has 4 heteroatoms. The molecule has 3 heterocycles. The highest BCUT2D eigenvalue weighted by Crippen LogP contribution is 2.33. The summed E-state index contributed by atoms with van der Waals surface area (Å²) in [6.45, 7) is 11.5. The van der Waals surface area contributed by atoms with E-state index in [1.165, 1.54) is 25.3 Å². The molecular formula is C15H26N4. The second kappa shape index (κ2) is 5.25. The summed E-state index contributed by atoms with van der Waals surface area (Å²) in [5.41, 5.74) is 1.22. The fourth-order valence-corrected chi connectivity index (χ4v) is 3.57. The standard InChI is InChI=1S/C15H26N4/c1-4-11(2)19-6-5-14(17-19)10-18-9-13-7-16-8-15(13)12(18)3/h5-6,11-13,15-16H,4,7-10H2,1-3H3. The minimum atomic E-state index is 0.508. The average molecular weight is 262 g/mol. The van der Waals surface area contributed by atoms with E-state index in [1.54, 1.807) is 0 Å². The van der Waals surface area contributed by atoms with Crippen LogP contribution < -0.4 is 5.32 Å². The number of hydrogen-bond acceptors (Lipinski definition) is 3. The van der Waals surface area contributed by atoms with Gasteiger partial charge in [-0.2, -0.15) is 5.10 Å². The van der Waals surface area contributed by atoms with Crippen LogP contribution in [0.5, 0.6) is 0 Å². The Bertz CT molecular complexity index is 428. The van der Waals surface area contributed by atoms with E-state index in [9.17, 15) is 0 Å². The minimum absolute atomic E-state index is 0.508. The Morgan fingerprint density at radius 1 is 1.47 bits per heavy atom. The first kappa shape index (κ1) is 13.1. The minimum Gasteiger partial charge on any atom is -0.316 e. The highest BCUT2D eigenvalue weighted by Gasteiger charge is 2.41. The zero-order valence-corrected chi connectivity index (χ0v) is 12.3. The van der Waals surface area contributed by atoms with E-state index in [2.05, 4.69) is 47.9 Å². The lowest BCUT2D eigenvalue weighted by molar-refractivity contribution is 0.228. The Morgan fingerprint density at radius 3 is 3.05 bits per heavy atom. The number of nitrogens with zero attached hydrogens (tertiary/aromatic N) is 3. The lowest BCUT2D eigenvalue weighted by atomic mass is 9.95. The second-order valence-corrected chi connectivity index (χ2v) is 6.30. The van der Waals surface area contributed by atoms with Crippen LogP contribution in [0.1, 0.15) is 38.9 Å². The number of likely N-dealkylation sites (tertiary alicyclic amines) is 1. The molecule has 2 aliphatic heterocycles. The lowest BCUT2D eigenvalue weighted by Crippen LogP contribution is -2.32. The van der Waals surface area contributed by atoms with Crippen LogP contribution in [0.15, 0.2) is 12.3 Å². The van der Waals surface area contributed by atoms with Gasteiger partial charge in [0.05, 0.1) is 5.69 Å². The summed E-state index contributed by atoms with van der Waals surface area (Å²) in [7, 11) is 0. The zero-order valence-electron chi connectivity index (χ0n) is 12.3. The van der Waals surface area contributed by atoms with Crippen molar-refractivity contribution in [2.24, 2.45) is 11.8 Å². The van der Waals surface area contributed by atoms with Gasteiger partial charge in [0.25, 0.3) is 0 Å². The summed E-state index contributed by atoms with van der Waals surface area (Å²) in [5, 5.41) is 8.25. The fourth-order valence-electron chi connectivity index (χ4n) is 3.57. The highest BCUT2D eigenvalue weighted by molar-refractivity contribution is 5.03. The monoisotopic (exact) mass is 262 g/mol. The largest absolute Gasteiger partial charge is 0.316 e. The van der Waals surface area contributed by atoms with Crippen molar-refractivity contribution in [3.63, 3.8) is 0 Å². The van der Waals surface area contributed by atoms with Crippen LogP contribution in [0.25, 0.3) is 0 Å². The van der Waals surface area contributed by atoms with Gasteiger partial charge in [0.1, 0.15) is 0 Å². The van der Waals surface area contributed by atoms with Crippen molar-refractivity contribution < 1.29 is 0 Å². The van der Waals surface area contributed by atoms with Crippen LogP contribution in [-0.2, 0) is 6.54 Å². The predicted molar refractivity (Wildman–Crippen MR) is 77.0 cm³/mol. The molecule has 0 aromatic carbocycles. The number of rotatable bonds is 4. The third kappa shape index (κ3) is 2.43. The van der Waals surface area contributed by atoms with Gasteiger partial charge >= 0.3 is 0 Å². The molecule has 0 bridgehead atoms. The van der Waals surface area contributed by atoms with Crippen molar-refractivity contribution in [1.82, 2.24) is 20.0 Å². The number of aromatic nitrogens is 2. The van der Waals surface area contributed by atoms with Crippen molar-refractivity contribution in [2.45, 2.75) is 45.8 Å². The lowest BCUT2D eigenvalue weighted by Gasteiger charge is -2.23. The number of nitrogens with one attached hydrogen (secondary N) is 1. The quantitative estimate of drug-likeness (QED) is 0.899. The van der Waals surface area contributed by atoms with Crippen LogP contribution in [-0.4, -0.2) is 40.4 Å². The fraction of sp³-hybridized carbons (Fsp3) is 0.800. The highest BCUT2D eigenvalue weighted by atomic mass is 15.3. The van der Waals surface area contributed by atoms with E-state index < -0.39 is 0 Å². The van der Waals surface area contributed by atoms with Gasteiger partial charge in [-0.25, -0.2) is 0 Å². The summed E-state index contributed by atoms with van der Waals surface area (Å²) in [4.78, 5) is 2.61. The third-order valence-electron chi connectivity index (χ3n) is 5.13. The Labute approximate surface area is 116 Å². The smallest absolute Gasteiger partial charge is 0.0765 e. The van der Waals surface area contributed by atoms with Gasteiger partial charge in [-0.1, -0.05) is 6.92 Å². The molecule has 1 aromatic heterocycles. The van der Waals surface area contributed by atoms with E-state index in [0.29, 0.717) is 12.1 Å². The molecule has 0 spiro atoms. The molecule has 2 fully saturated rings. The van der Waals surface area contributed by atoms with E-state index >= 15 is 0 Å². The van der Waals surface area contributed by atoms with E-state index in [0.717, 1.165) is 24.8 Å². The maximum absolute atomic E-state index is 4.73. The average Bonchev–Trinajstić information content (AvgIpc) is 3.09. The Kier molecular flexibility index (Phi) is 3.63. The number of hydrogen-bond donors (Lipinski definition) is 1. The summed E-state index contributed by atoms with van der Waals surface area (Å²) < 4.78 is 2.11. The summed E-state index contributed by atoms with van der Waals surface area (Å²) in [6, 6.07) is 3.38. The third-order valence-corrected chi connectivity index (χ3v) is 5.13. The molecule has 0 radical (unpaired) electrons. The Hall–Kier alpha value is -0.870. The normalized spacial score (nSPS) is 32.7. The van der Waals surface area contributed by atoms with Crippen LogP contribution in [0, 0.1) is 11.8 Å². The van der Waals surface area contributed by atoms with Crippen molar-refractivity contribution in [3.05, 3.63) is 18.0 Å². The van der Waals surface area contributed by atoms with Crippen molar-refractivity contribution in [1.29, 1.82) is 0 Å². The van der Waals surface area contributed by atoms with Crippen LogP contribution >= 0.6 is 0 Å². The first-order valence-electron chi connectivity index (χ1n) is 7.67. The maximum Gasteiger partial charge on any atom is 0.0765 e. The van der Waals surface area contributed by atoms with Crippen molar-refractivity contribution in [2.75, 3.05) is 19.6 Å². The molecule has 3 rings (SSSR count). The second-order valence-electron chi connectivity index (χ2n) is 6.30. The van der Waals surface area contributed by atoms with Gasteiger partial charge < -0.3 is 5.32 Å². The Morgan fingerprint density at radius 2 is 2.32 bits per heavy atom. The van der Waals surface area contributed by atoms with Gasteiger partial charge in [-0.05, 0) is 51.3 Å². The molecule has 0 amide bonds. The molecular weight excluding hydrogens is 236 g/mol. The number of fused-ring (bicyclic) bond motifs is 1. The van der Waals surface area contributed by atoms with Crippen molar-refractivity contribution >= 4 is 0 Å². The molecule has 1 N–H and O–H groups in total. The van der Waals surface area contributed by atoms with Gasteiger partial charge in [-0.3, -0.25) is 9.58 Å². The predicted octanol–water partition coefficient (Wildman–Crippen LogP) is 1.89.